The van der Waals surface area contributed by atoms with Gasteiger partial charge in [-0.3, -0.25) is 9.59 Å². The molecule has 0 atom stereocenters. The first kappa shape index (κ1) is 22.5. The molecule has 0 saturated carbocycles. The van der Waals surface area contributed by atoms with Crippen LogP contribution >= 0.6 is 0 Å². The lowest BCUT2D eigenvalue weighted by atomic mass is 9.81. The van der Waals surface area contributed by atoms with Gasteiger partial charge in [0, 0.05) is 45.7 Å². The summed E-state index contributed by atoms with van der Waals surface area (Å²) in [6.07, 6.45) is 0.426. The summed E-state index contributed by atoms with van der Waals surface area (Å²) in [5.74, 6) is -1.71. The van der Waals surface area contributed by atoms with Crippen LogP contribution in [0.15, 0.2) is 24.3 Å². The average molecular weight is 429 g/mol. The Morgan fingerprint density at radius 3 is 1.94 bits per heavy atom. The van der Waals surface area contributed by atoms with Crippen molar-refractivity contribution in [1.82, 2.24) is 5.32 Å². The average Bonchev–Trinajstić information content (AvgIpc) is 2.78. The van der Waals surface area contributed by atoms with Gasteiger partial charge in [-0.15, -0.1) is 0 Å². The molecule has 1 aliphatic carbocycles. The van der Waals surface area contributed by atoms with Gasteiger partial charge in [-0.25, -0.2) is 0 Å². The number of fused-ring (bicyclic) bond motifs is 2. The summed E-state index contributed by atoms with van der Waals surface area (Å²) >= 11 is 0. The predicted molar refractivity (Wildman–Crippen MR) is 116 cm³/mol. The Bertz CT molecular complexity index is 988. The van der Waals surface area contributed by atoms with E-state index in [1.54, 1.807) is 33.4 Å². The zero-order valence-electron chi connectivity index (χ0n) is 17.7. The lowest BCUT2D eigenvalue weighted by Gasteiger charge is -2.24. The molecule has 0 radical (unpaired) electrons. The molecule has 31 heavy (non-hydrogen) atoms. The number of rotatable bonds is 10. The van der Waals surface area contributed by atoms with Crippen molar-refractivity contribution in [3.63, 3.8) is 0 Å². The van der Waals surface area contributed by atoms with Crippen molar-refractivity contribution in [1.29, 1.82) is 0 Å². The van der Waals surface area contributed by atoms with E-state index in [0.29, 0.717) is 31.0 Å². The maximum absolute atomic E-state index is 13.3. The second-order valence-corrected chi connectivity index (χ2v) is 7.06. The number of carbonyl (C=O) groups is 2. The minimum Gasteiger partial charge on any atom is -0.507 e. The van der Waals surface area contributed by atoms with Crippen molar-refractivity contribution in [2.75, 3.05) is 51.5 Å². The number of phenols is 2. The van der Waals surface area contributed by atoms with Gasteiger partial charge in [0.25, 0.3) is 0 Å². The topological polar surface area (TPSA) is 129 Å². The fraction of sp³-hybridized carbons (Fsp3) is 0.364. The second-order valence-electron chi connectivity index (χ2n) is 7.06. The number of anilines is 2. The molecule has 0 bridgehead atoms. The largest absolute Gasteiger partial charge is 0.507 e. The molecular formula is C22H27N3O6. The van der Waals surface area contributed by atoms with Gasteiger partial charge in [0.1, 0.15) is 11.5 Å². The number of nitrogens with one attached hydrogen (secondary N) is 3. The van der Waals surface area contributed by atoms with E-state index in [1.807, 2.05) is 0 Å². The number of phenolic OH excluding ortho intramolecular Hbond substituents is 2. The number of aromatic hydroxyl groups is 2. The first-order chi connectivity index (χ1) is 14.9. The van der Waals surface area contributed by atoms with E-state index in [-0.39, 0.29) is 40.0 Å². The molecule has 2 aromatic carbocycles. The monoisotopic (exact) mass is 429 g/mol. The molecule has 0 spiro atoms. The molecule has 0 aliphatic heterocycles. The lowest BCUT2D eigenvalue weighted by molar-refractivity contribution is -0.0986. The van der Waals surface area contributed by atoms with Crippen LogP contribution in [0, 0.1) is 0 Å². The van der Waals surface area contributed by atoms with Gasteiger partial charge in [0.15, 0.2) is 6.29 Å². The summed E-state index contributed by atoms with van der Waals surface area (Å²) in [5, 5.41) is 29.8. The van der Waals surface area contributed by atoms with Gasteiger partial charge in [-0.1, -0.05) is 0 Å². The van der Waals surface area contributed by atoms with Crippen LogP contribution < -0.4 is 16.0 Å². The van der Waals surface area contributed by atoms with Crippen LogP contribution in [0.5, 0.6) is 11.5 Å². The van der Waals surface area contributed by atoms with Crippen molar-refractivity contribution in [3.8, 4) is 11.5 Å². The Morgan fingerprint density at radius 1 is 0.839 bits per heavy atom. The minimum atomic E-state index is -0.516. The van der Waals surface area contributed by atoms with Crippen molar-refractivity contribution in [2.45, 2.75) is 12.7 Å². The maximum atomic E-state index is 13.3. The fourth-order valence-electron chi connectivity index (χ4n) is 3.64. The highest BCUT2D eigenvalue weighted by atomic mass is 16.7. The van der Waals surface area contributed by atoms with Crippen molar-refractivity contribution >= 4 is 22.9 Å². The van der Waals surface area contributed by atoms with Crippen LogP contribution in [-0.4, -0.2) is 69.0 Å². The van der Waals surface area contributed by atoms with Crippen molar-refractivity contribution in [2.24, 2.45) is 0 Å². The molecule has 166 valence electrons. The first-order valence-corrected chi connectivity index (χ1v) is 9.93. The Labute approximate surface area is 180 Å². The van der Waals surface area contributed by atoms with Crippen LogP contribution in [0.4, 0.5) is 11.4 Å². The van der Waals surface area contributed by atoms with E-state index in [9.17, 15) is 19.8 Å². The maximum Gasteiger partial charge on any atom is 0.200 e. The number of hydrogen-bond donors (Lipinski definition) is 5. The van der Waals surface area contributed by atoms with E-state index in [2.05, 4.69) is 16.0 Å². The van der Waals surface area contributed by atoms with Gasteiger partial charge < -0.3 is 35.6 Å². The summed E-state index contributed by atoms with van der Waals surface area (Å²) in [7, 11) is 4.80. The number of benzene rings is 2. The third-order valence-electron chi connectivity index (χ3n) is 5.23. The van der Waals surface area contributed by atoms with Gasteiger partial charge in [-0.2, -0.15) is 0 Å². The highest BCUT2D eigenvalue weighted by Gasteiger charge is 2.37. The highest BCUT2D eigenvalue weighted by molar-refractivity contribution is 6.33. The molecule has 9 heteroatoms. The summed E-state index contributed by atoms with van der Waals surface area (Å²) in [6, 6.07) is 5.84. The SMILES string of the molecule is CNc1ccc(NCCCNCC(OC)OC)c2c1C(=O)c1c(O)ccc(O)c1C2=O. The van der Waals surface area contributed by atoms with E-state index >= 15 is 0 Å². The minimum absolute atomic E-state index is 0.173. The van der Waals surface area contributed by atoms with E-state index in [0.717, 1.165) is 6.42 Å². The van der Waals surface area contributed by atoms with Gasteiger partial charge in [0.2, 0.25) is 11.6 Å². The number of methoxy groups -OCH3 is 2. The third kappa shape index (κ3) is 4.34. The summed E-state index contributed by atoms with van der Waals surface area (Å²) in [5.41, 5.74) is 0.956. The molecule has 9 nitrogen and oxygen atoms in total. The Morgan fingerprint density at radius 2 is 1.39 bits per heavy atom. The van der Waals surface area contributed by atoms with E-state index < -0.39 is 11.6 Å². The number of carbonyl (C=O) groups excluding carboxylic acids is 2. The molecule has 5 N–H and O–H groups in total. The highest BCUT2D eigenvalue weighted by Crippen LogP contribution is 2.42. The summed E-state index contributed by atoms with van der Waals surface area (Å²) in [6.45, 7) is 1.78. The molecular weight excluding hydrogens is 402 g/mol. The Hall–Kier alpha value is -3.14. The molecule has 0 unspecified atom stereocenters. The second kappa shape index (κ2) is 9.78. The molecule has 0 saturated heterocycles. The van der Waals surface area contributed by atoms with Crippen LogP contribution in [0.3, 0.4) is 0 Å². The molecule has 1 aliphatic rings. The lowest BCUT2D eigenvalue weighted by Crippen LogP contribution is -2.31. The third-order valence-corrected chi connectivity index (χ3v) is 5.23. The summed E-state index contributed by atoms with van der Waals surface area (Å²) < 4.78 is 10.2. The quantitative estimate of drug-likeness (QED) is 0.186. The normalized spacial score (nSPS) is 12.6. The van der Waals surface area contributed by atoms with Crippen LogP contribution in [0.1, 0.15) is 38.3 Å². The molecule has 0 heterocycles. The van der Waals surface area contributed by atoms with Crippen molar-refractivity contribution < 1.29 is 29.3 Å². The Balaban J connectivity index is 1.82. The zero-order chi connectivity index (χ0) is 22.5. The van der Waals surface area contributed by atoms with Crippen molar-refractivity contribution in [3.05, 3.63) is 46.5 Å². The predicted octanol–water partition coefficient (Wildman–Crippen LogP) is 1.93. The fourth-order valence-corrected chi connectivity index (χ4v) is 3.64. The molecule has 0 aromatic heterocycles. The molecule has 2 aromatic rings. The number of hydrogen-bond acceptors (Lipinski definition) is 9. The Kier molecular flexibility index (Phi) is 7.11. The van der Waals surface area contributed by atoms with Crippen LogP contribution in [0.2, 0.25) is 0 Å². The molecule has 3 rings (SSSR count). The van der Waals surface area contributed by atoms with Gasteiger partial charge >= 0.3 is 0 Å². The van der Waals surface area contributed by atoms with Gasteiger partial charge in [0.05, 0.1) is 22.3 Å². The number of ketones is 2. The summed E-state index contributed by atoms with van der Waals surface area (Å²) in [4.78, 5) is 26.4. The standard InChI is InChI=1S/C22H27N3O6/c1-23-12-5-6-13(25-10-4-9-24-11-16(30-2)31-3)18-17(12)21(28)19-14(26)7-8-15(27)20(19)22(18)29/h5-8,16,23-27H,4,9-11H2,1-3H3. The smallest absolute Gasteiger partial charge is 0.200 e. The van der Waals surface area contributed by atoms with Crippen LogP contribution in [-0.2, 0) is 9.47 Å². The zero-order valence-corrected chi connectivity index (χ0v) is 17.7. The van der Waals surface area contributed by atoms with Crippen LogP contribution in [0.25, 0.3) is 0 Å². The number of ether oxygens (including phenoxy) is 2. The molecule has 0 amide bonds. The first-order valence-electron chi connectivity index (χ1n) is 9.93. The van der Waals surface area contributed by atoms with E-state index in [4.69, 9.17) is 9.47 Å². The molecule has 0 fully saturated rings. The van der Waals surface area contributed by atoms with Gasteiger partial charge in [-0.05, 0) is 37.2 Å². The van der Waals surface area contributed by atoms with E-state index in [1.165, 1.54) is 12.1 Å².